The van der Waals surface area contributed by atoms with Crippen molar-refractivity contribution in [3.8, 4) is 0 Å². The van der Waals surface area contributed by atoms with Crippen LogP contribution in [0.2, 0.25) is 0 Å². The first-order valence-electron chi connectivity index (χ1n) is 7.02. The van der Waals surface area contributed by atoms with Crippen LogP contribution in [-0.2, 0) is 0 Å². The average molecular weight is 326 g/mol. The summed E-state index contributed by atoms with van der Waals surface area (Å²) in [6.45, 7) is 0. The lowest BCUT2D eigenvalue weighted by Gasteiger charge is -2.07. The largest absolute Gasteiger partial charge is 0.324 e. The van der Waals surface area contributed by atoms with Gasteiger partial charge in [-0.1, -0.05) is 18.2 Å². The average Bonchev–Trinajstić information content (AvgIpc) is 2.60. The molecule has 0 saturated carbocycles. The highest BCUT2D eigenvalue weighted by molar-refractivity contribution is 6.03. The summed E-state index contributed by atoms with van der Waals surface area (Å²) < 4.78 is 26.0. The number of anilines is 3. The van der Waals surface area contributed by atoms with Crippen molar-refractivity contribution in [1.82, 2.24) is 9.97 Å². The van der Waals surface area contributed by atoms with E-state index in [4.69, 9.17) is 0 Å². The van der Waals surface area contributed by atoms with Gasteiger partial charge in [-0.2, -0.15) is 0 Å². The molecule has 120 valence electrons. The molecule has 0 bridgehead atoms. The van der Waals surface area contributed by atoms with E-state index in [2.05, 4.69) is 20.6 Å². The number of hydrogen-bond acceptors (Lipinski definition) is 4. The Balaban J connectivity index is 1.68. The minimum Gasteiger partial charge on any atom is -0.324 e. The highest BCUT2D eigenvalue weighted by Crippen LogP contribution is 2.15. The summed E-state index contributed by atoms with van der Waals surface area (Å²) in [5, 5.41) is 5.44. The molecular formula is C17H12F2N4O. The molecule has 1 heterocycles. The molecule has 1 aromatic heterocycles. The standard InChI is InChI=1S/C17H12F2N4O/c18-14-7-6-13(8-15(14)19)22-16(24)11-9-20-17(21-10-11)23-12-4-2-1-3-5-12/h1-10H,(H,22,24)(H,20,21,23). The Morgan fingerprint density at radius 3 is 2.25 bits per heavy atom. The number of rotatable bonds is 4. The van der Waals surface area contributed by atoms with E-state index in [0.29, 0.717) is 5.95 Å². The number of hydrogen-bond donors (Lipinski definition) is 2. The van der Waals surface area contributed by atoms with Gasteiger partial charge in [0.15, 0.2) is 11.6 Å². The molecule has 3 rings (SSSR count). The summed E-state index contributed by atoms with van der Waals surface area (Å²) in [4.78, 5) is 20.2. The first-order chi connectivity index (χ1) is 11.6. The number of nitrogens with one attached hydrogen (secondary N) is 2. The second-order valence-corrected chi connectivity index (χ2v) is 4.87. The number of carbonyl (C=O) groups is 1. The van der Waals surface area contributed by atoms with Gasteiger partial charge in [0.1, 0.15) is 0 Å². The Bertz CT molecular complexity index is 854. The first-order valence-corrected chi connectivity index (χ1v) is 7.02. The summed E-state index contributed by atoms with van der Waals surface area (Å²) in [6.07, 6.45) is 2.68. The molecule has 0 aliphatic heterocycles. The van der Waals surface area contributed by atoms with E-state index in [0.717, 1.165) is 17.8 Å². The molecule has 5 nitrogen and oxygen atoms in total. The molecule has 0 radical (unpaired) electrons. The minimum absolute atomic E-state index is 0.144. The van der Waals surface area contributed by atoms with Gasteiger partial charge in [0, 0.05) is 29.8 Å². The number of amides is 1. The molecule has 0 spiro atoms. The van der Waals surface area contributed by atoms with Crippen molar-refractivity contribution >= 4 is 23.2 Å². The third kappa shape index (κ3) is 3.70. The third-order valence-corrected chi connectivity index (χ3v) is 3.12. The number of benzene rings is 2. The van der Waals surface area contributed by atoms with Crippen molar-refractivity contribution < 1.29 is 13.6 Å². The highest BCUT2D eigenvalue weighted by atomic mass is 19.2. The normalized spacial score (nSPS) is 10.2. The maximum absolute atomic E-state index is 13.1. The molecule has 2 aromatic carbocycles. The molecule has 2 N–H and O–H groups in total. The molecule has 0 fully saturated rings. The van der Waals surface area contributed by atoms with Crippen LogP contribution in [0.4, 0.5) is 26.1 Å². The lowest BCUT2D eigenvalue weighted by atomic mass is 10.2. The SMILES string of the molecule is O=C(Nc1ccc(F)c(F)c1)c1cnc(Nc2ccccc2)nc1. The Kier molecular flexibility index (Phi) is 4.42. The van der Waals surface area contributed by atoms with E-state index >= 15 is 0 Å². The molecule has 0 atom stereocenters. The fourth-order valence-electron chi connectivity index (χ4n) is 1.94. The van der Waals surface area contributed by atoms with Gasteiger partial charge in [-0.15, -0.1) is 0 Å². The zero-order chi connectivity index (χ0) is 16.9. The zero-order valence-corrected chi connectivity index (χ0v) is 12.3. The fourth-order valence-corrected chi connectivity index (χ4v) is 1.94. The smallest absolute Gasteiger partial charge is 0.258 e. The highest BCUT2D eigenvalue weighted by Gasteiger charge is 2.10. The predicted molar refractivity (Wildman–Crippen MR) is 86.1 cm³/mol. The van der Waals surface area contributed by atoms with Gasteiger partial charge in [0.05, 0.1) is 5.56 Å². The molecule has 1 amide bonds. The molecule has 24 heavy (non-hydrogen) atoms. The molecule has 0 aliphatic rings. The Morgan fingerprint density at radius 1 is 0.875 bits per heavy atom. The quantitative estimate of drug-likeness (QED) is 0.766. The van der Waals surface area contributed by atoms with Crippen LogP contribution >= 0.6 is 0 Å². The van der Waals surface area contributed by atoms with Crippen molar-refractivity contribution in [2.75, 3.05) is 10.6 Å². The van der Waals surface area contributed by atoms with Gasteiger partial charge in [0.2, 0.25) is 5.95 Å². The second-order valence-electron chi connectivity index (χ2n) is 4.87. The van der Waals surface area contributed by atoms with Crippen molar-refractivity contribution in [2.45, 2.75) is 0 Å². The third-order valence-electron chi connectivity index (χ3n) is 3.12. The summed E-state index contributed by atoms with van der Waals surface area (Å²) in [7, 11) is 0. The molecule has 0 aliphatic carbocycles. The molecular weight excluding hydrogens is 314 g/mol. The van der Waals surface area contributed by atoms with Gasteiger partial charge >= 0.3 is 0 Å². The van der Waals surface area contributed by atoms with Crippen molar-refractivity contribution in [3.05, 3.63) is 78.1 Å². The molecule has 3 aromatic rings. The van der Waals surface area contributed by atoms with Gasteiger partial charge in [-0.3, -0.25) is 4.79 Å². The van der Waals surface area contributed by atoms with Crippen LogP contribution in [0, 0.1) is 11.6 Å². The predicted octanol–water partition coefficient (Wildman–Crippen LogP) is 3.75. The van der Waals surface area contributed by atoms with E-state index in [1.165, 1.54) is 18.5 Å². The summed E-state index contributed by atoms with van der Waals surface area (Å²) >= 11 is 0. The molecule has 0 unspecified atom stereocenters. The van der Waals surface area contributed by atoms with E-state index in [9.17, 15) is 13.6 Å². The second kappa shape index (κ2) is 6.82. The molecule has 0 saturated heterocycles. The van der Waals surface area contributed by atoms with Crippen LogP contribution in [0.3, 0.4) is 0 Å². The molecule has 7 heteroatoms. The maximum Gasteiger partial charge on any atom is 0.258 e. The van der Waals surface area contributed by atoms with Crippen LogP contribution in [-0.4, -0.2) is 15.9 Å². The summed E-state index contributed by atoms with van der Waals surface area (Å²) in [6, 6.07) is 12.4. The van der Waals surface area contributed by atoms with Crippen LogP contribution in [0.15, 0.2) is 60.9 Å². The lowest BCUT2D eigenvalue weighted by Crippen LogP contribution is -2.13. The van der Waals surface area contributed by atoms with Crippen LogP contribution in [0.25, 0.3) is 0 Å². The zero-order valence-electron chi connectivity index (χ0n) is 12.3. The van der Waals surface area contributed by atoms with Crippen LogP contribution in [0.1, 0.15) is 10.4 Å². The van der Waals surface area contributed by atoms with Gasteiger partial charge in [-0.05, 0) is 24.3 Å². The van der Waals surface area contributed by atoms with Crippen LogP contribution in [0.5, 0.6) is 0 Å². The first kappa shape index (κ1) is 15.5. The summed E-state index contributed by atoms with van der Waals surface area (Å²) in [5.74, 6) is -2.20. The topological polar surface area (TPSA) is 66.9 Å². The maximum atomic E-state index is 13.1. The van der Waals surface area contributed by atoms with Gasteiger partial charge in [0.25, 0.3) is 5.91 Å². The monoisotopic (exact) mass is 326 g/mol. The Labute approximate surface area is 136 Å². The Hall–Kier alpha value is -3.35. The van der Waals surface area contributed by atoms with Crippen LogP contribution < -0.4 is 10.6 Å². The number of nitrogens with zero attached hydrogens (tertiary/aromatic N) is 2. The van der Waals surface area contributed by atoms with Crippen molar-refractivity contribution in [2.24, 2.45) is 0 Å². The van der Waals surface area contributed by atoms with Crippen molar-refractivity contribution in [3.63, 3.8) is 0 Å². The Morgan fingerprint density at radius 2 is 1.58 bits per heavy atom. The number of halogens is 2. The summed E-state index contributed by atoms with van der Waals surface area (Å²) in [5.41, 5.74) is 1.15. The number of carbonyl (C=O) groups excluding carboxylic acids is 1. The van der Waals surface area contributed by atoms with Gasteiger partial charge in [-0.25, -0.2) is 18.7 Å². The van der Waals surface area contributed by atoms with E-state index < -0.39 is 17.5 Å². The number of para-hydroxylation sites is 1. The fraction of sp³-hybridized carbons (Fsp3) is 0. The minimum atomic E-state index is -1.04. The van der Waals surface area contributed by atoms with E-state index in [1.54, 1.807) is 0 Å². The number of aromatic nitrogens is 2. The van der Waals surface area contributed by atoms with E-state index in [1.807, 2.05) is 30.3 Å². The van der Waals surface area contributed by atoms with Crippen molar-refractivity contribution in [1.29, 1.82) is 0 Å². The van der Waals surface area contributed by atoms with E-state index in [-0.39, 0.29) is 11.3 Å². The van der Waals surface area contributed by atoms with Gasteiger partial charge < -0.3 is 10.6 Å². The lowest BCUT2D eigenvalue weighted by molar-refractivity contribution is 0.102.